The van der Waals surface area contributed by atoms with Crippen LogP contribution in [0, 0.1) is 0 Å². The van der Waals surface area contributed by atoms with Gasteiger partial charge in [0.25, 0.3) is 0 Å². The van der Waals surface area contributed by atoms with Crippen LogP contribution in [0.5, 0.6) is 0 Å². The van der Waals surface area contributed by atoms with Crippen molar-refractivity contribution in [3.8, 4) is 11.1 Å². The molecule has 4 rings (SSSR count). The second-order valence-corrected chi connectivity index (χ2v) is 13.4. The number of carbonyl (C=O) groups is 1. The van der Waals surface area contributed by atoms with Gasteiger partial charge < -0.3 is 15.5 Å². The summed E-state index contributed by atoms with van der Waals surface area (Å²) < 4.78 is 27.3. The lowest BCUT2D eigenvalue weighted by molar-refractivity contribution is -0.131. The number of nitrogens with zero attached hydrogens (tertiary/aromatic N) is 1. The summed E-state index contributed by atoms with van der Waals surface area (Å²) >= 11 is 0. The van der Waals surface area contributed by atoms with E-state index in [2.05, 4.69) is 49.5 Å². The fraction of sp³-hybridized carbons (Fsp3) is 0.265. The molecular weight excluding hydrogens is 548 g/mol. The Morgan fingerprint density at radius 3 is 2.14 bits per heavy atom. The number of benzene rings is 4. The van der Waals surface area contributed by atoms with Gasteiger partial charge in [-0.3, -0.25) is 0 Å². The second kappa shape index (κ2) is 13.4. The number of nitrogens with one attached hydrogen (secondary N) is 1. The third-order valence-electron chi connectivity index (χ3n) is 7.18. The van der Waals surface area contributed by atoms with Gasteiger partial charge in [0.2, 0.25) is 10.0 Å². The normalized spacial score (nSPS) is 13.2. The Kier molecular flexibility index (Phi) is 9.96. The van der Waals surface area contributed by atoms with Crippen molar-refractivity contribution in [2.24, 2.45) is 0 Å². The molecule has 0 aliphatic rings. The first-order chi connectivity index (χ1) is 19.9. The van der Waals surface area contributed by atoms with E-state index in [4.69, 9.17) is 5.11 Å². The quantitative estimate of drug-likeness (QED) is 0.183. The molecule has 0 radical (unpaired) electrons. The number of aliphatic hydroxyl groups is 1. The van der Waals surface area contributed by atoms with E-state index in [1.807, 2.05) is 48.5 Å². The van der Waals surface area contributed by atoms with Crippen LogP contribution in [0.15, 0.2) is 97.1 Å². The third-order valence-corrected chi connectivity index (χ3v) is 8.98. The van der Waals surface area contributed by atoms with Gasteiger partial charge in [-0.15, -0.1) is 0 Å². The lowest BCUT2D eigenvalue weighted by Crippen LogP contribution is -2.47. The molecule has 220 valence electrons. The molecule has 0 saturated carbocycles. The molecule has 0 aliphatic heterocycles. The average Bonchev–Trinajstić information content (AvgIpc) is 2.95. The number of fused-ring (bicyclic) bond motifs is 1. The molecule has 0 aliphatic carbocycles. The van der Waals surface area contributed by atoms with Crippen molar-refractivity contribution < 1.29 is 23.4 Å². The minimum atomic E-state index is -3.64. The highest BCUT2D eigenvalue weighted by Crippen LogP contribution is 2.23. The van der Waals surface area contributed by atoms with Crippen LogP contribution in [0.1, 0.15) is 30.5 Å². The van der Waals surface area contributed by atoms with Gasteiger partial charge in [0, 0.05) is 31.8 Å². The summed E-state index contributed by atoms with van der Waals surface area (Å²) in [5, 5.41) is 25.2. The van der Waals surface area contributed by atoms with Crippen LogP contribution in [-0.4, -0.2) is 60.7 Å². The van der Waals surface area contributed by atoms with E-state index >= 15 is 0 Å². The molecule has 0 unspecified atom stereocenters. The molecule has 42 heavy (non-hydrogen) atoms. The Labute approximate surface area is 248 Å². The lowest BCUT2D eigenvalue weighted by atomic mass is 9.93. The van der Waals surface area contributed by atoms with Crippen molar-refractivity contribution in [3.63, 3.8) is 0 Å². The summed E-state index contributed by atoms with van der Waals surface area (Å²) in [7, 11) is -2.14. The number of hydrogen-bond donors (Lipinski definition) is 3. The molecule has 1 atom stereocenters. The molecule has 0 saturated heterocycles. The summed E-state index contributed by atoms with van der Waals surface area (Å²) in [5.41, 5.74) is 4.18. The van der Waals surface area contributed by atoms with Gasteiger partial charge in [-0.2, -0.15) is 0 Å². The van der Waals surface area contributed by atoms with E-state index in [9.17, 15) is 18.3 Å². The molecule has 4 aromatic rings. The van der Waals surface area contributed by atoms with E-state index in [0.717, 1.165) is 29.2 Å². The van der Waals surface area contributed by atoms with Crippen molar-refractivity contribution in [2.75, 3.05) is 20.1 Å². The molecule has 7 nitrogen and oxygen atoms in total. The topological polar surface area (TPSA) is 107 Å². The summed E-state index contributed by atoms with van der Waals surface area (Å²) in [4.78, 5) is 10.7. The summed E-state index contributed by atoms with van der Waals surface area (Å²) in [5.74, 6) is -1.17. The molecular formula is C34H38N2O5S. The van der Waals surface area contributed by atoms with Crippen molar-refractivity contribution in [1.29, 1.82) is 0 Å². The van der Waals surface area contributed by atoms with Gasteiger partial charge in [-0.05, 0) is 64.9 Å². The highest BCUT2D eigenvalue weighted by molar-refractivity contribution is 7.88. The van der Waals surface area contributed by atoms with Crippen molar-refractivity contribution in [1.82, 2.24) is 9.62 Å². The Balaban J connectivity index is 1.28. The van der Waals surface area contributed by atoms with Crippen LogP contribution in [-0.2, 0) is 27.0 Å². The third kappa shape index (κ3) is 8.84. The summed E-state index contributed by atoms with van der Waals surface area (Å²) in [6.07, 6.45) is 2.51. The lowest BCUT2D eigenvalue weighted by Gasteiger charge is -2.29. The SMILES string of the molecule is CN(C[C@H](O)CNC(C)(C)Cc1ccc2ccccc2c1)S(=O)(=O)Cc1ccc(-c2ccc(C=CC(=O)O)cc2)cc1. The number of rotatable bonds is 13. The van der Waals surface area contributed by atoms with Gasteiger partial charge in [0.05, 0.1) is 11.9 Å². The van der Waals surface area contributed by atoms with Crippen LogP contribution in [0.25, 0.3) is 28.0 Å². The molecule has 0 spiro atoms. The molecule has 0 aromatic heterocycles. The zero-order valence-corrected chi connectivity index (χ0v) is 25.0. The predicted molar refractivity (Wildman–Crippen MR) is 170 cm³/mol. The minimum Gasteiger partial charge on any atom is -0.478 e. The molecule has 3 N–H and O–H groups in total. The largest absolute Gasteiger partial charge is 0.478 e. The maximum Gasteiger partial charge on any atom is 0.328 e. The molecule has 4 aromatic carbocycles. The second-order valence-electron chi connectivity index (χ2n) is 11.3. The maximum absolute atomic E-state index is 13.0. The van der Waals surface area contributed by atoms with E-state index in [0.29, 0.717) is 5.56 Å². The van der Waals surface area contributed by atoms with E-state index in [1.54, 1.807) is 12.1 Å². The Morgan fingerprint density at radius 1 is 0.905 bits per heavy atom. The van der Waals surface area contributed by atoms with Gasteiger partial charge in [-0.1, -0.05) is 91.0 Å². The number of aliphatic hydroxyl groups excluding tert-OH is 1. The van der Waals surface area contributed by atoms with E-state index in [1.165, 1.54) is 33.8 Å². The van der Waals surface area contributed by atoms with Crippen molar-refractivity contribution >= 4 is 32.8 Å². The standard InChI is InChI=1S/C34H38N2O5S/c1-34(2,21-27-12-18-28-6-4-5-7-31(28)20-27)35-22-32(37)23-36(3)42(40,41)24-26-10-16-30(17-11-26)29-14-8-25(9-15-29)13-19-33(38)39/h4-20,32,35,37H,21-24H2,1-3H3,(H,38,39)/t32-/m1/s1. The highest BCUT2D eigenvalue weighted by atomic mass is 32.2. The maximum atomic E-state index is 13.0. The number of carboxylic acids is 1. The Morgan fingerprint density at radius 2 is 1.50 bits per heavy atom. The number of sulfonamides is 1. The van der Waals surface area contributed by atoms with Gasteiger partial charge >= 0.3 is 5.97 Å². The number of hydrogen-bond acceptors (Lipinski definition) is 5. The number of β-amino-alcohol motifs (C(OH)–C–C–N with tert-alkyl or cyclic N) is 1. The first kappa shape index (κ1) is 31.1. The van der Waals surface area contributed by atoms with Crippen LogP contribution in [0.3, 0.4) is 0 Å². The highest BCUT2D eigenvalue weighted by Gasteiger charge is 2.24. The predicted octanol–water partition coefficient (Wildman–Crippen LogP) is 5.34. The van der Waals surface area contributed by atoms with Crippen LogP contribution >= 0.6 is 0 Å². The molecule has 8 heteroatoms. The fourth-order valence-electron chi connectivity index (χ4n) is 4.86. The Bertz CT molecular complexity index is 1650. The molecule has 0 bridgehead atoms. The van der Waals surface area contributed by atoms with E-state index < -0.39 is 22.1 Å². The smallest absolute Gasteiger partial charge is 0.328 e. The number of likely N-dealkylation sites (N-methyl/N-ethyl adjacent to an activating group) is 1. The molecule has 0 fully saturated rings. The minimum absolute atomic E-state index is 0.0118. The zero-order chi connectivity index (χ0) is 30.3. The first-order valence-corrected chi connectivity index (χ1v) is 15.5. The van der Waals surface area contributed by atoms with Crippen LogP contribution in [0.4, 0.5) is 0 Å². The molecule has 0 heterocycles. The monoisotopic (exact) mass is 586 g/mol. The summed E-state index contributed by atoms with van der Waals surface area (Å²) in [6.45, 7) is 4.40. The van der Waals surface area contributed by atoms with Crippen LogP contribution in [0.2, 0.25) is 0 Å². The summed E-state index contributed by atoms with van der Waals surface area (Å²) in [6, 6.07) is 29.4. The average molecular weight is 587 g/mol. The fourth-order valence-corrected chi connectivity index (χ4v) is 6.09. The van der Waals surface area contributed by atoms with E-state index in [-0.39, 0.29) is 24.4 Å². The van der Waals surface area contributed by atoms with Gasteiger partial charge in [-0.25, -0.2) is 17.5 Å². The zero-order valence-electron chi connectivity index (χ0n) is 24.2. The van der Waals surface area contributed by atoms with Gasteiger partial charge in [0.1, 0.15) is 0 Å². The van der Waals surface area contributed by atoms with Crippen molar-refractivity contribution in [2.45, 2.75) is 37.7 Å². The Hall–Kier alpha value is -3.82. The van der Waals surface area contributed by atoms with Crippen LogP contribution < -0.4 is 5.32 Å². The molecule has 0 amide bonds. The van der Waals surface area contributed by atoms with Gasteiger partial charge in [0.15, 0.2) is 0 Å². The number of carboxylic acid groups (broad SMARTS) is 1. The first-order valence-electron chi connectivity index (χ1n) is 13.9. The van der Waals surface area contributed by atoms with Crippen molar-refractivity contribution in [3.05, 3.63) is 114 Å². The number of aliphatic carboxylic acids is 1.